The minimum atomic E-state index is -0.221. The summed E-state index contributed by atoms with van der Waals surface area (Å²) in [6.45, 7) is 6.17. The van der Waals surface area contributed by atoms with Crippen molar-refractivity contribution in [2.75, 3.05) is 33.2 Å². The molecular formula is C18H30N6O2. The van der Waals surface area contributed by atoms with Gasteiger partial charge in [-0.2, -0.15) is 5.10 Å². The van der Waals surface area contributed by atoms with Gasteiger partial charge in [-0.25, -0.2) is 4.79 Å². The second-order valence-electron chi connectivity index (χ2n) is 7.12. The molecule has 0 aromatic carbocycles. The topological polar surface area (TPSA) is 93.4 Å². The molecule has 0 aliphatic carbocycles. The number of carbonyl (C=O) groups excluding carboxylic acids is 2. The Morgan fingerprint density at radius 2 is 2.00 bits per heavy atom. The van der Waals surface area contributed by atoms with Gasteiger partial charge >= 0.3 is 6.03 Å². The number of hydrogen-bond donors (Lipinski definition) is 3. The average molecular weight is 362 g/mol. The lowest BCUT2D eigenvalue weighted by Crippen LogP contribution is -2.49. The van der Waals surface area contributed by atoms with Crippen molar-refractivity contribution in [2.24, 2.45) is 0 Å². The van der Waals surface area contributed by atoms with Crippen molar-refractivity contribution in [3.05, 3.63) is 17.0 Å². The summed E-state index contributed by atoms with van der Waals surface area (Å²) in [6, 6.07) is 0.338. The monoisotopic (exact) mass is 362 g/mol. The highest BCUT2D eigenvalue weighted by Gasteiger charge is 2.28. The lowest BCUT2D eigenvalue weighted by molar-refractivity contribution is 0.0955. The molecular weight excluding hydrogens is 332 g/mol. The molecule has 8 heteroatoms. The first-order valence-electron chi connectivity index (χ1n) is 9.69. The Balaban J connectivity index is 1.57. The molecule has 1 saturated heterocycles. The van der Waals surface area contributed by atoms with E-state index in [-0.39, 0.29) is 11.9 Å². The molecule has 2 aliphatic rings. The van der Waals surface area contributed by atoms with Crippen LogP contribution in [0.25, 0.3) is 0 Å². The predicted octanol–water partition coefficient (Wildman–Crippen LogP) is 1.10. The van der Waals surface area contributed by atoms with E-state index in [1.54, 1.807) is 11.9 Å². The van der Waals surface area contributed by atoms with Gasteiger partial charge in [0.25, 0.3) is 5.91 Å². The number of fused-ring (bicyclic) bond motifs is 1. The van der Waals surface area contributed by atoms with Gasteiger partial charge in [-0.15, -0.1) is 0 Å². The number of hydrogen-bond acceptors (Lipinski definition) is 4. The number of likely N-dealkylation sites (tertiary alicyclic amines) is 1. The number of nitrogens with one attached hydrogen (secondary N) is 3. The fourth-order valence-corrected chi connectivity index (χ4v) is 3.91. The zero-order valence-electron chi connectivity index (χ0n) is 15.8. The summed E-state index contributed by atoms with van der Waals surface area (Å²) in [5.41, 5.74) is 2.17. The molecule has 0 radical (unpaired) electrons. The van der Waals surface area contributed by atoms with Gasteiger partial charge in [-0.3, -0.25) is 14.8 Å². The van der Waals surface area contributed by atoms with Crippen LogP contribution < -0.4 is 10.6 Å². The van der Waals surface area contributed by atoms with E-state index in [4.69, 9.17) is 0 Å². The van der Waals surface area contributed by atoms with Crippen molar-refractivity contribution in [1.82, 2.24) is 30.6 Å². The summed E-state index contributed by atoms with van der Waals surface area (Å²) in [7, 11) is 1.59. The maximum Gasteiger partial charge on any atom is 0.317 e. The minimum absolute atomic E-state index is 0.0600. The summed E-state index contributed by atoms with van der Waals surface area (Å²) >= 11 is 0. The number of urea groups is 1. The molecule has 0 saturated carbocycles. The van der Waals surface area contributed by atoms with Crippen molar-refractivity contribution >= 4 is 11.9 Å². The zero-order chi connectivity index (χ0) is 18.5. The third-order valence-corrected chi connectivity index (χ3v) is 5.53. The second-order valence-corrected chi connectivity index (χ2v) is 7.12. The predicted molar refractivity (Wildman–Crippen MR) is 99.0 cm³/mol. The molecule has 8 nitrogen and oxygen atoms in total. The molecule has 144 valence electrons. The van der Waals surface area contributed by atoms with Gasteiger partial charge in [0.1, 0.15) is 0 Å². The number of amides is 3. The fourth-order valence-electron chi connectivity index (χ4n) is 3.91. The molecule has 1 aromatic rings. The van der Waals surface area contributed by atoms with Crippen LogP contribution in [-0.2, 0) is 13.0 Å². The highest BCUT2D eigenvalue weighted by molar-refractivity contribution is 5.94. The number of rotatable bonds is 5. The molecule has 3 heterocycles. The average Bonchev–Trinajstić information content (AvgIpc) is 3.11. The van der Waals surface area contributed by atoms with Crippen LogP contribution in [0.3, 0.4) is 0 Å². The maximum atomic E-state index is 12.6. The van der Waals surface area contributed by atoms with E-state index in [9.17, 15) is 9.59 Å². The Bertz CT molecular complexity index is 638. The molecule has 3 N–H and O–H groups in total. The lowest BCUT2D eigenvalue weighted by atomic mass is 10.1. The molecule has 0 unspecified atom stereocenters. The van der Waals surface area contributed by atoms with Crippen molar-refractivity contribution in [3.8, 4) is 0 Å². The van der Waals surface area contributed by atoms with Gasteiger partial charge in [0, 0.05) is 43.9 Å². The zero-order valence-corrected chi connectivity index (χ0v) is 15.8. The molecule has 3 amide bonds. The first-order chi connectivity index (χ1) is 12.6. The summed E-state index contributed by atoms with van der Waals surface area (Å²) in [6.07, 6.45) is 5.54. The van der Waals surface area contributed by atoms with E-state index >= 15 is 0 Å². The summed E-state index contributed by atoms with van der Waals surface area (Å²) in [5.74, 6) is -0.221. The third-order valence-electron chi connectivity index (χ3n) is 5.53. The molecule has 3 rings (SSSR count). The molecule has 1 fully saturated rings. The van der Waals surface area contributed by atoms with E-state index in [2.05, 4.69) is 32.7 Å². The summed E-state index contributed by atoms with van der Waals surface area (Å²) in [5, 5.41) is 12.7. The summed E-state index contributed by atoms with van der Waals surface area (Å²) < 4.78 is 0. The highest BCUT2D eigenvalue weighted by atomic mass is 16.2. The maximum absolute atomic E-state index is 12.6. The van der Waals surface area contributed by atoms with Gasteiger partial charge in [0.05, 0.1) is 6.54 Å². The smallest absolute Gasteiger partial charge is 0.317 e. The second kappa shape index (κ2) is 8.53. The van der Waals surface area contributed by atoms with Crippen LogP contribution in [0.4, 0.5) is 4.79 Å². The number of carbonyl (C=O) groups is 2. The Morgan fingerprint density at radius 1 is 1.23 bits per heavy atom. The van der Waals surface area contributed by atoms with E-state index < -0.39 is 0 Å². The standard InChI is InChI=1S/C18H30N6O2/c1-3-13(23-8-5-4-6-9-23)11-20-18(26)24-10-7-15-14(12-24)16(22-21-15)17(25)19-2/h13H,3-12H2,1-2H3,(H,19,25)(H,20,26)(H,21,22)/t13-/m1/s1. The normalized spacial score (nSPS) is 18.9. The number of piperidine rings is 1. The quantitative estimate of drug-likeness (QED) is 0.731. The summed E-state index contributed by atoms with van der Waals surface area (Å²) in [4.78, 5) is 28.9. The van der Waals surface area contributed by atoms with Crippen LogP contribution in [0.1, 0.15) is 54.4 Å². The first-order valence-corrected chi connectivity index (χ1v) is 9.69. The number of H-pyrrole nitrogens is 1. The van der Waals surface area contributed by atoms with Gasteiger partial charge in [-0.05, 0) is 32.4 Å². The Hall–Kier alpha value is -2.09. The molecule has 0 spiro atoms. The first kappa shape index (κ1) is 18.7. The largest absolute Gasteiger partial charge is 0.354 e. The Labute approximate surface area is 154 Å². The lowest BCUT2D eigenvalue weighted by Gasteiger charge is -2.35. The van der Waals surface area contributed by atoms with Crippen LogP contribution in [0, 0.1) is 0 Å². The van der Waals surface area contributed by atoms with E-state index in [1.165, 1.54) is 19.3 Å². The number of aromatic nitrogens is 2. The van der Waals surface area contributed by atoms with Crippen LogP contribution in [0.15, 0.2) is 0 Å². The van der Waals surface area contributed by atoms with Crippen molar-refractivity contribution in [2.45, 2.75) is 51.6 Å². The highest BCUT2D eigenvalue weighted by Crippen LogP contribution is 2.20. The SMILES string of the molecule is CC[C@H](CNC(=O)N1CCc2[nH]nc(C(=O)NC)c2C1)N1CCCCC1. The molecule has 1 aromatic heterocycles. The van der Waals surface area contributed by atoms with Crippen LogP contribution in [0.2, 0.25) is 0 Å². The van der Waals surface area contributed by atoms with Gasteiger partial charge < -0.3 is 15.5 Å². The van der Waals surface area contributed by atoms with Gasteiger partial charge in [0.15, 0.2) is 5.69 Å². The number of aromatic amines is 1. The van der Waals surface area contributed by atoms with Crippen molar-refractivity contribution in [3.63, 3.8) is 0 Å². The van der Waals surface area contributed by atoms with Crippen LogP contribution in [0.5, 0.6) is 0 Å². The van der Waals surface area contributed by atoms with E-state index in [1.807, 2.05) is 0 Å². The molecule has 1 atom stereocenters. The van der Waals surface area contributed by atoms with Crippen LogP contribution >= 0.6 is 0 Å². The molecule has 2 aliphatic heterocycles. The van der Waals surface area contributed by atoms with Crippen LogP contribution in [-0.4, -0.2) is 71.2 Å². The van der Waals surface area contributed by atoms with Crippen molar-refractivity contribution in [1.29, 1.82) is 0 Å². The van der Waals surface area contributed by atoms with E-state index in [0.717, 1.165) is 30.8 Å². The minimum Gasteiger partial charge on any atom is -0.354 e. The van der Waals surface area contributed by atoms with Crippen molar-refractivity contribution < 1.29 is 9.59 Å². The van der Waals surface area contributed by atoms with Gasteiger partial charge in [0.2, 0.25) is 0 Å². The number of nitrogens with zero attached hydrogens (tertiary/aromatic N) is 3. The molecule has 0 bridgehead atoms. The van der Waals surface area contributed by atoms with Gasteiger partial charge in [-0.1, -0.05) is 13.3 Å². The Kier molecular flexibility index (Phi) is 6.13. The Morgan fingerprint density at radius 3 is 2.69 bits per heavy atom. The fraction of sp³-hybridized carbons (Fsp3) is 0.722. The van der Waals surface area contributed by atoms with E-state index in [0.29, 0.717) is 37.8 Å². The third kappa shape index (κ3) is 4.00. The molecule has 26 heavy (non-hydrogen) atoms.